The maximum absolute atomic E-state index is 13.7. The number of benzene rings is 2. The Hall–Kier alpha value is -1.26. The molecule has 0 saturated heterocycles. The van der Waals surface area contributed by atoms with Crippen molar-refractivity contribution in [3.8, 4) is 0 Å². The van der Waals surface area contributed by atoms with Crippen LogP contribution in [0.2, 0.25) is 5.02 Å². The van der Waals surface area contributed by atoms with E-state index in [-0.39, 0.29) is 0 Å². The van der Waals surface area contributed by atoms with Crippen molar-refractivity contribution in [2.45, 2.75) is 6.92 Å². The molecule has 2 aromatic rings. The molecule has 0 aliphatic rings. The molecule has 94 valence electrons. The highest BCUT2D eigenvalue weighted by atomic mass is 79.9. The number of nitrogens with two attached hydrogens (primary N) is 1. The van der Waals surface area contributed by atoms with Crippen molar-refractivity contribution in [1.29, 1.82) is 0 Å². The van der Waals surface area contributed by atoms with Gasteiger partial charge >= 0.3 is 0 Å². The number of hydrogen-bond donors (Lipinski definition) is 2. The fourth-order valence-electron chi connectivity index (χ4n) is 1.53. The van der Waals surface area contributed by atoms with Crippen molar-refractivity contribution in [1.82, 2.24) is 0 Å². The van der Waals surface area contributed by atoms with Crippen molar-refractivity contribution in [3.05, 3.63) is 51.2 Å². The van der Waals surface area contributed by atoms with Gasteiger partial charge in [0.1, 0.15) is 5.82 Å². The molecule has 2 aromatic carbocycles. The van der Waals surface area contributed by atoms with Gasteiger partial charge in [-0.3, -0.25) is 0 Å². The Labute approximate surface area is 118 Å². The van der Waals surface area contributed by atoms with Crippen molar-refractivity contribution in [3.63, 3.8) is 0 Å². The summed E-state index contributed by atoms with van der Waals surface area (Å²) in [4.78, 5) is 0. The predicted octanol–water partition coefficient (Wildman–Crippen LogP) is 4.88. The topological polar surface area (TPSA) is 38.0 Å². The van der Waals surface area contributed by atoms with Crippen LogP contribution in [0.15, 0.2) is 34.8 Å². The fourth-order valence-corrected chi connectivity index (χ4v) is 2.15. The van der Waals surface area contributed by atoms with Gasteiger partial charge in [-0.25, -0.2) is 4.39 Å². The Bertz CT molecular complexity index is 602. The zero-order valence-corrected chi connectivity index (χ0v) is 11.9. The molecule has 2 nitrogen and oxygen atoms in total. The third-order valence-electron chi connectivity index (χ3n) is 2.56. The average molecular weight is 330 g/mol. The SMILES string of the molecule is Cc1cc(Nc2ccc(Cl)cc2F)c(Br)cc1N. The van der Waals surface area contributed by atoms with Gasteiger partial charge in [-0.05, 0) is 58.7 Å². The second-order valence-electron chi connectivity index (χ2n) is 3.94. The molecule has 5 heteroatoms. The van der Waals surface area contributed by atoms with Gasteiger partial charge in [-0.1, -0.05) is 11.6 Å². The Kier molecular flexibility index (Phi) is 3.78. The van der Waals surface area contributed by atoms with Gasteiger partial charge < -0.3 is 11.1 Å². The van der Waals surface area contributed by atoms with Gasteiger partial charge in [0.2, 0.25) is 0 Å². The van der Waals surface area contributed by atoms with E-state index in [9.17, 15) is 4.39 Å². The lowest BCUT2D eigenvalue weighted by Gasteiger charge is -2.12. The number of halogens is 3. The number of nitrogen functional groups attached to an aromatic ring is 1. The molecule has 0 aliphatic carbocycles. The van der Waals surface area contributed by atoms with Crippen LogP contribution in [0.4, 0.5) is 21.5 Å². The van der Waals surface area contributed by atoms with Crippen LogP contribution in [0.5, 0.6) is 0 Å². The van der Waals surface area contributed by atoms with Gasteiger partial charge in [0.05, 0.1) is 11.4 Å². The van der Waals surface area contributed by atoms with E-state index in [4.69, 9.17) is 17.3 Å². The molecule has 0 fully saturated rings. The van der Waals surface area contributed by atoms with E-state index in [0.29, 0.717) is 16.4 Å². The highest BCUT2D eigenvalue weighted by Crippen LogP contribution is 2.31. The summed E-state index contributed by atoms with van der Waals surface area (Å²) in [7, 11) is 0. The Morgan fingerprint density at radius 1 is 1.22 bits per heavy atom. The molecule has 0 saturated carbocycles. The maximum atomic E-state index is 13.7. The van der Waals surface area contributed by atoms with Crippen molar-refractivity contribution < 1.29 is 4.39 Å². The number of hydrogen-bond acceptors (Lipinski definition) is 2. The second-order valence-corrected chi connectivity index (χ2v) is 5.23. The first kappa shape index (κ1) is 13.2. The number of anilines is 3. The Morgan fingerprint density at radius 2 is 1.94 bits per heavy atom. The molecule has 0 heterocycles. The first-order valence-corrected chi connectivity index (χ1v) is 6.42. The van der Waals surface area contributed by atoms with Gasteiger partial charge in [0, 0.05) is 15.2 Å². The molecule has 0 amide bonds. The molecule has 0 aliphatic heterocycles. The molecule has 0 unspecified atom stereocenters. The van der Waals surface area contributed by atoms with Crippen LogP contribution < -0.4 is 11.1 Å². The summed E-state index contributed by atoms with van der Waals surface area (Å²) in [5.74, 6) is -0.399. The molecule has 18 heavy (non-hydrogen) atoms. The first-order valence-electron chi connectivity index (χ1n) is 5.25. The van der Waals surface area contributed by atoms with E-state index < -0.39 is 5.82 Å². The lowest BCUT2D eigenvalue weighted by molar-refractivity contribution is 0.632. The number of rotatable bonds is 2. The van der Waals surface area contributed by atoms with Crippen LogP contribution >= 0.6 is 27.5 Å². The Morgan fingerprint density at radius 3 is 2.61 bits per heavy atom. The van der Waals surface area contributed by atoms with Gasteiger partial charge in [-0.2, -0.15) is 0 Å². The minimum absolute atomic E-state index is 0.365. The second kappa shape index (κ2) is 5.16. The summed E-state index contributed by atoms with van der Waals surface area (Å²) in [6, 6.07) is 8.13. The molecule has 0 spiro atoms. The summed E-state index contributed by atoms with van der Waals surface area (Å²) in [6.45, 7) is 1.89. The standard InChI is InChI=1S/C13H11BrClFN2/c1-7-4-13(9(14)6-11(7)17)18-12-3-2-8(15)5-10(12)16/h2-6,18H,17H2,1H3. The molecule has 2 rings (SSSR count). The summed E-state index contributed by atoms with van der Waals surface area (Å²) in [6.07, 6.45) is 0. The normalized spacial score (nSPS) is 10.4. The van der Waals surface area contributed by atoms with E-state index in [1.54, 1.807) is 18.2 Å². The van der Waals surface area contributed by atoms with Gasteiger partial charge in [-0.15, -0.1) is 0 Å². The lowest BCUT2D eigenvalue weighted by Crippen LogP contribution is -1.97. The smallest absolute Gasteiger partial charge is 0.148 e. The molecular formula is C13H11BrClFN2. The van der Waals surface area contributed by atoms with Gasteiger partial charge in [0.15, 0.2) is 0 Å². The minimum atomic E-state index is -0.399. The van der Waals surface area contributed by atoms with Gasteiger partial charge in [0.25, 0.3) is 0 Å². The Balaban J connectivity index is 2.37. The van der Waals surface area contributed by atoms with E-state index in [2.05, 4.69) is 21.2 Å². The number of aryl methyl sites for hydroxylation is 1. The third-order valence-corrected chi connectivity index (χ3v) is 3.45. The quantitative estimate of drug-likeness (QED) is 0.771. The van der Waals surface area contributed by atoms with Crippen LogP contribution in [-0.2, 0) is 0 Å². The van der Waals surface area contributed by atoms with E-state index in [1.165, 1.54) is 6.07 Å². The van der Waals surface area contributed by atoms with Crippen molar-refractivity contribution >= 4 is 44.6 Å². The largest absolute Gasteiger partial charge is 0.398 e. The molecule has 0 radical (unpaired) electrons. The highest BCUT2D eigenvalue weighted by Gasteiger charge is 2.07. The van der Waals surface area contributed by atoms with Crippen LogP contribution in [0.3, 0.4) is 0 Å². The van der Waals surface area contributed by atoms with Crippen molar-refractivity contribution in [2.75, 3.05) is 11.1 Å². The molecule has 0 bridgehead atoms. The van der Waals surface area contributed by atoms with E-state index >= 15 is 0 Å². The van der Waals surface area contributed by atoms with Crippen LogP contribution in [-0.4, -0.2) is 0 Å². The lowest BCUT2D eigenvalue weighted by atomic mass is 10.2. The summed E-state index contributed by atoms with van der Waals surface area (Å²) in [5.41, 5.74) is 8.51. The zero-order valence-electron chi connectivity index (χ0n) is 9.60. The van der Waals surface area contributed by atoms with E-state index in [1.807, 2.05) is 13.0 Å². The monoisotopic (exact) mass is 328 g/mol. The summed E-state index contributed by atoms with van der Waals surface area (Å²) >= 11 is 9.09. The van der Waals surface area contributed by atoms with Crippen LogP contribution in [0, 0.1) is 12.7 Å². The molecular weight excluding hydrogens is 319 g/mol. The third kappa shape index (κ3) is 2.76. The van der Waals surface area contributed by atoms with Crippen molar-refractivity contribution in [2.24, 2.45) is 0 Å². The van der Waals surface area contributed by atoms with Crippen LogP contribution in [0.1, 0.15) is 5.56 Å². The minimum Gasteiger partial charge on any atom is -0.398 e. The molecule has 0 aromatic heterocycles. The summed E-state index contributed by atoms with van der Waals surface area (Å²) < 4.78 is 14.4. The first-order chi connectivity index (χ1) is 8.47. The fraction of sp³-hybridized carbons (Fsp3) is 0.0769. The predicted molar refractivity (Wildman–Crippen MR) is 78.0 cm³/mol. The number of nitrogens with one attached hydrogen (secondary N) is 1. The van der Waals surface area contributed by atoms with E-state index in [0.717, 1.165) is 15.7 Å². The highest BCUT2D eigenvalue weighted by molar-refractivity contribution is 9.10. The van der Waals surface area contributed by atoms with Crippen LogP contribution in [0.25, 0.3) is 0 Å². The zero-order chi connectivity index (χ0) is 13.3. The molecule has 0 atom stereocenters. The maximum Gasteiger partial charge on any atom is 0.148 e. The molecule has 3 N–H and O–H groups in total. The average Bonchev–Trinajstić information content (AvgIpc) is 2.29. The summed E-state index contributed by atoms with van der Waals surface area (Å²) in [5, 5.41) is 3.37.